The van der Waals surface area contributed by atoms with E-state index in [0.29, 0.717) is 0 Å². The third kappa shape index (κ3) is 7.05. The van der Waals surface area contributed by atoms with Gasteiger partial charge in [-0.3, -0.25) is 0 Å². The second-order valence-electron chi connectivity index (χ2n) is 5.51. The van der Waals surface area contributed by atoms with Crippen molar-refractivity contribution in [2.75, 3.05) is 26.2 Å². The van der Waals surface area contributed by atoms with Gasteiger partial charge >= 0.3 is 0 Å². The summed E-state index contributed by atoms with van der Waals surface area (Å²) in [7, 11) is 0. The molecular formula is C15H32N2. The Bertz CT molecular complexity index is 154. The summed E-state index contributed by atoms with van der Waals surface area (Å²) in [6.07, 6.45) is 11.0. The second kappa shape index (κ2) is 9.90. The molecule has 0 aromatic heterocycles. The third-order valence-corrected chi connectivity index (χ3v) is 3.80. The maximum Gasteiger partial charge on any atom is 0.0195 e. The lowest BCUT2D eigenvalue weighted by Crippen LogP contribution is -2.41. The van der Waals surface area contributed by atoms with Gasteiger partial charge < -0.3 is 10.2 Å². The van der Waals surface area contributed by atoms with Crippen molar-refractivity contribution in [2.45, 2.75) is 71.3 Å². The number of rotatable bonds is 8. The fourth-order valence-corrected chi connectivity index (χ4v) is 2.63. The summed E-state index contributed by atoms with van der Waals surface area (Å²) in [5.41, 5.74) is 0. The zero-order valence-electron chi connectivity index (χ0n) is 12.0. The Kier molecular flexibility index (Phi) is 8.72. The van der Waals surface area contributed by atoms with Crippen molar-refractivity contribution in [3.63, 3.8) is 0 Å². The molecule has 2 heteroatoms. The Labute approximate surface area is 108 Å². The van der Waals surface area contributed by atoms with Gasteiger partial charge in [0.15, 0.2) is 0 Å². The monoisotopic (exact) mass is 240 g/mol. The first-order valence-electron chi connectivity index (χ1n) is 7.82. The van der Waals surface area contributed by atoms with Crippen molar-refractivity contribution in [3.8, 4) is 0 Å². The number of nitrogens with one attached hydrogen (secondary N) is 1. The molecule has 0 aromatic carbocycles. The van der Waals surface area contributed by atoms with E-state index < -0.39 is 0 Å². The van der Waals surface area contributed by atoms with Crippen molar-refractivity contribution < 1.29 is 0 Å². The Balaban J connectivity index is 2.28. The van der Waals surface area contributed by atoms with Crippen molar-refractivity contribution in [1.82, 2.24) is 10.2 Å². The summed E-state index contributed by atoms with van der Waals surface area (Å²) in [4.78, 5) is 2.69. The van der Waals surface area contributed by atoms with E-state index in [2.05, 4.69) is 24.1 Å². The quantitative estimate of drug-likeness (QED) is 0.699. The van der Waals surface area contributed by atoms with E-state index in [4.69, 9.17) is 0 Å². The van der Waals surface area contributed by atoms with Gasteiger partial charge in [0, 0.05) is 12.6 Å². The van der Waals surface area contributed by atoms with Crippen molar-refractivity contribution in [1.29, 1.82) is 0 Å². The molecule has 0 saturated carbocycles. The molecule has 1 aliphatic rings. The molecule has 102 valence electrons. The minimum atomic E-state index is 0.756. The normalized spacial score (nSPS) is 21.7. The molecule has 1 unspecified atom stereocenters. The molecule has 1 atom stereocenters. The van der Waals surface area contributed by atoms with Crippen LogP contribution in [0.1, 0.15) is 65.2 Å². The number of hydrogen-bond acceptors (Lipinski definition) is 2. The van der Waals surface area contributed by atoms with E-state index in [1.165, 1.54) is 77.5 Å². The van der Waals surface area contributed by atoms with E-state index >= 15 is 0 Å². The standard InChI is InChI=1S/C15H32N2/c1-3-5-12-17(13-6-4-2)14-15-10-8-7-9-11-16-15/h15-16H,3-14H2,1-2H3. The summed E-state index contributed by atoms with van der Waals surface area (Å²) in [6.45, 7) is 9.70. The van der Waals surface area contributed by atoms with E-state index in [9.17, 15) is 0 Å². The predicted molar refractivity (Wildman–Crippen MR) is 76.5 cm³/mol. The Hall–Kier alpha value is -0.0800. The molecule has 0 aromatic rings. The third-order valence-electron chi connectivity index (χ3n) is 3.80. The largest absolute Gasteiger partial charge is 0.313 e. The highest BCUT2D eigenvalue weighted by atomic mass is 15.1. The molecule has 1 N–H and O–H groups in total. The summed E-state index contributed by atoms with van der Waals surface area (Å²) in [5.74, 6) is 0. The fraction of sp³-hybridized carbons (Fsp3) is 1.00. The molecular weight excluding hydrogens is 208 g/mol. The van der Waals surface area contributed by atoms with Gasteiger partial charge in [-0.05, 0) is 45.3 Å². The Morgan fingerprint density at radius 3 is 2.35 bits per heavy atom. The van der Waals surface area contributed by atoms with Gasteiger partial charge in [-0.1, -0.05) is 39.5 Å². The highest BCUT2D eigenvalue weighted by Gasteiger charge is 2.14. The summed E-state index contributed by atoms with van der Waals surface area (Å²) in [5, 5.41) is 3.72. The van der Waals surface area contributed by atoms with Crippen LogP contribution >= 0.6 is 0 Å². The zero-order valence-corrected chi connectivity index (χ0v) is 12.0. The number of unbranched alkanes of at least 4 members (excludes halogenated alkanes) is 2. The summed E-state index contributed by atoms with van der Waals surface area (Å²) >= 11 is 0. The first-order chi connectivity index (χ1) is 8.36. The maximum absolute atomic E-state index is 3.72. The second-order valence-corrected chi connectivity index (χ2v) is 5.51. The molecule has 0 aliphatic carbocycles. The van der Waals surface area contributed by atoms with Crippen LogP contribution in [-0.4, -0.2) is 37.1 Å². The SMILES string of the molecule is CCCCN(CCCC)CC1CCCCCN1. The van der Waals surface area contributed by atoms with Crippen LogP contribution < -0.4 is 5.32 Å². The highest BCUT2D eigenvalue weighted by molar-refractivity contribution is 4.75. The van der Waals surface area contributed by atoms with Crippen LogP contribution in [0.4, 0.5) is 0 Å². The minimum absolute atomic E-state index is 0.756. The number of nitrogens with zero attached hydrogens (tertiary/aromatic N) is 1. The highest BCUT2D eigenvalue weighted by Crippen LogP contribution is 2.10. The zero-order chi connectivity index (χ0) is 12.3. The smallest absolute Gasteiger partial charge is 0.0195 e. The van der Waals surface area contributed by atoms with E-state index in [-0.39, 0.29) is 0 Å². The van der Waals surface area contributed by atoms with Gasteiger partial charge in [-0.25, -0.2) is 0 Å². The van der Waals surface area contributed by atoms with Gasteiger partial charge in [-0.15, -0.1) is 0 Å². The average molecular weight is 240 g/mol. The van der Waals surface area contributed by atoms with Crippen LogP contribution in [-0.2, 0) is 0 Å². The molecule has 1 heterocycles. The Morgan fingerprint density at radius 2 is 1.71 bits per heavy atom. The minimum Gasteiger partial charge on any atom is -0.313 e. The Morgan fingerprint density at radius 1 is 1.00 bits per heavy atom. The van der Waals surface area contributed by atoms with Crippen molar-refractivity contribution in [2.24, 2.45) is 0 Å². The summed E-state index contributed by atoms with van der Waals surface area (Å²) in [6, 6.07) is 0.756. The van der Waals surface area contributed by atoms with Crippen LogP contribution in [0.2, 0.25) is 0 Å². The molecule has 2 nitrogen and oxygen atoms in total. The first kappa shape index (κ1) is 15.0. The van der Waals surface area contributed by atoms with Gasteiger partial charge in [0.05, 0.1) is 0 Å². The van der Waals surface area contributed by atoms with Crippen LogP contribution in [0.3, 0.4) is 0 Å². The molecule has 17 heavy (non-hydrogen) atoms. The van der Waals surface area contributed by atoms with Crippen LogP contribution in [0.15, 0.2) is 0 Å². The molecule has 0 spiro atoms. The van der Waals surface area contributed by atoms with Crippen LogP contribution in [0.5, 0.6) is 0 Å². The van der Waals surface area contributed by atoms with E-state index in [1.54, 1.807) is 0 Å². The van der Waals surface area contributed by atoms with Crippen LogP contribution in [0, 0.1) is 0 Å². The lowest BCUT2D eigenvalue weighted by Gasteiger charge is -2.27. The number of hydrogen-bond donors (Lipinski definition) is 1. The first-order valence-corrected chi connectivity index (χ1v) is 7.82. The summed E-state index contributed by atoms with van der Waals surface area (Å²) < 4.78 is 0. The molecule has 0 amide bonds. The van der Waals surface area contributed by atoms with E-state index in [1.807, 2.05) is 0 Å². The molecule has 0 radical (unpaired) electrons. The van der Waals surface area contributed by atoms with Gasteiger partial charge in [-0.2, -0.15) is 0 Å². The molecule has 1 saturated heterocycles. The average Bonchev–Trinajstić information content (AvgIpc) is 2.61. The molecule has 1 aliphatic heterocycles. The van der Waals surface area contributed by atoms with Crippen molar-refractivity contribution in [3.05, 3.63) is 0 Å². The van der Waals surface area contributed by atoms with E-state index in [0.717, 1.165) is 6.04 Å². The molecule has 1 fully saturated rings. The van der Waals surface area contributed by atoms with Crippen LogP contribution in [0.25, 0.3) is 0 Å². The maximum atomic E-state index is 3.72. The topological polar surface area (TPSA) is 15.3 Å². The lowest BCUT2D eigenvalue weighted by atomic mass is 10.1. The molecule has 1 rings (SSSR count). The van der Waals surface area contributed by atoms with Gasteiger partial charge in [0.25, 0.3) is 0 Å². The van der Waals surface area contributed by atoms with Gasteiger partial charge in [0.1, 0.15) is 0 Å². The molecule has 0 bridgehead atoms. The predicted octanol–water partition coefficient (Wildman–Crippen LogP) is 3.42. The van der Waals surface area contributed by atoms with Gasteiger partial charge in [0.2, 0.25) is 0 Å². The lowest BCUT2D eigenvalue weighted by molar-refractivity contribution is 0.232. The fourth-order valence-electron chi connectivity index (χ4n) is 2.63. The van der Waals surface area contributed by atoms with Crippen molar-refractivity contribution >= 4 is 0 Å².